The molecule has 1 heterocycles. The average Bonchev–Trinajstić information content (AvgIpc) is 2.25. The normalized spacial score (nSPS) is 9.88. The zero-order valence-corrected chi connectivity index (χ0v) is 9.96. The van der Waals surface area contributed by atoms with E-state index >= 15 is 0 Å². The lowest BCUT2D eigenvalue weighted by molar-refractivity contribution is -0.143. The van der Waals surface area contributed by atoms with E-state index < -0.39 is 0 Å². The molecule has 0 aliphatic carbocycles. The van der Waals surface area contributed by atoms with Crippen molar-refractivity contribution in [1.29, 1.82) is 0 Å². The van der Waals surface area contributed by atoms with Gasteiger partial charge in [-0.3, -0.25) is 4.79 Å². The van der Waals surface area contributed by atoms with Gasteiger partial charge in [0, 0.05) is 13.0 Å². The molecular weight excluding hydrogens is 228 g/mol. The minimum absolute atomic E-state index is 0.164. The molecule has 88 valence electrons. The van der Waals surface area contributed by atoms with Gasteiger partial charge >= 0.3 is 5.97 Å². The van der Waals surface area contributed by atoms with Gasteiger partial charge < -0.3 is 10.1 Å². The Hall–Kier alpha value is -1.29. The summed E-state index contributed by atoms with van der Waals surface area (Å²) in [4.78, 5) is 15.1. The number of ether oxygens (including phenoxy) is 1. The van der Waals surface area contributed by atoms with E-state index in [0.29, 0.717) is 31.1 Å². The summed E-state index contributed by atoms with van der Waals surface area (Å²) < 4.78 is 4.81. The van der Waals surface area contributed by atoms with Gasteiger partial charge in [0.2, 0.25) is 0 Å². The van der Waals surface area contributed by atoms with Crippen LogP contribution in [0.5, 0.6) is 0 Å². The largest absolute Gasteiger partial charge is 0.466 e. The van der Waals surface area contributed by atoms with Crippen LogP contribution in [0.3, 0.4) is 0 Å². The Morgan fingerprint density at radius 2 is 2.38 bits per heavy atom. The van der Waals surface area contributed by atoms with E-state index in [2.05, 4.69) is 10.3 Å². The van der Waals surface area contributed by atoms with Crippen molar-refractivity contribution in [2.45, 2.75) is 19.8 Å². The van der Waals surface area contributed by atoms with Gasteiger partial charge in [-0.2, -0.15) is 0 Å². The Balaban J connectivity index is 2.18. The molecule has 1 rings (SSSR count). The van der Waals surface area contributed by atoms with Crippen LogP contribution in [0.15, 0.2) is 18.2 Å². The van der Waals surface area contributed by atoms with Crippen molar-refractivity contribution in [3.05, 3.63) is 23.4 Å². The fourth-order valence-corrected chi connectivity index (χ4v) is 1.35. The van der Waals surface area contributed by atoms with E-state index in [1.165, 1.54) is 0 Å². The average molecular weight is 243 g/mol. The van der Waals surface area contributed by atoms with E-state index in [9.17, 15) is 4.79 Å². The van der Waals surface area contributed by atoms with E-state index in [-0.39, 0.29) is 5.97 Å². The van der Waals surface area contributed by atoms with Gasteiger partial charge in [-0.05, 0) is 25.5 Å². The molecule has 4 nitrogen and oxygen atoms in total. The molecule has 0 saturated carbocycles. The number of anilines is 1. The summed E-state index contributed by atoms with van der Waals surface area (Å²) in [5.41, 5.74) is 0. The maximum absolute atomic E-state index is 11.0. The van der Waals surface area contributed by atoms with Crippen LogP contribution < -0.4 is 5.32 Å². The van der Waals surface area contributed by atoms with E-state index in [1.54, 1.807) is 13.0 Å². The molecule has 5 heteroatoms. The van der Waals surface area contributed by atoms with Crippen molar-refractivity contribution in [2.75, 3.05) is 18.5 Å². The van der Waals surface area contributed by atoms with Crippen molar-refractivity contribution in [1.82, 2.24) is 4.98 Å². The molecule has 0 saturated heterocycles. The number of esters is 1. The fourth-order valence-electron chi connectivity index (χ4n) is 1.19. The second-order valence-electron chi connectivity index (χ2n) is 3.18. The van der Waals surface area contributed by atoms with Gasteiger partial charge in [-0.15, -0.1) is 0 Å². The van der Waals surface area contributed by atoms with Crippen molar-refractivity contribution < 1.29 is 9.53 Å². The Bertz CT molecular complexity index is 345. The highest BCUT2D eigenvalue weighted by Gasteiger charge is 2.01. The standard InChI is InChI=1S/C11H15ClN2O2/c1-2-16-11(15)7-4-8-13-10-6-3-5-9(12)14-10/h3,5-6H,2,4,7-8H2,1H3,(H,13,14). The molecule has 0 fully saturated rings. The van der Waals surface area contributed by atoms with E-state index in [4.69, 9.17) is 16.3 Å². The third-order valence-corrected chi connectivity index (χ3v) is 2.09. The lowest BCUT2D eigenvalue weighted by Gasteiger charge is -2.05. The number of pyridine rings is 1. The van der Waals surface area contributed by atoms with Gasteiger partial charge in [0.1, 0.15) is 11.0 Å². The fraction of sp³-hybridized carbons (Fsp3) is 0.455. The number of carbonyl (C=O) groups excluding carboxylic acids is 1. The minimum atomic E-state index is -0.164. The number of carbonyl (C=O) groups is 1. The van der Waals surface area contributed by atoms with Crippen LogP contribution in [0.1, 0.15) is 19.8 Å². The Labute approximate surface area is 100.0 Å². The summed E-state index contributed by atoms with van der Waals surface area (Å²) in [6.45, 7) is 2.90. The quantitative estimate of drug-likeness (QED) is 0.473. The Morgan fingerprint density at radius 3 is 3.06 bits per heavy atom. The van der Waals surface area contributed by atoms with Crippen LogP contribution >= 0.6 is 11.6 Å². The van der Waals surface area contributed by atoms with E-state index in [1.807, 2.05) is 12.1 Å². The number of hydrogen-bond donors (Lipinski definition) is 1. The Morgan fingerprint density at radius 1 is 1.56 bits per heavy atom. The highest BCUT2D eigenvalue weighted by atomic mass is 35.5. The zero-order chi connectivity index (χ0) is 11.8. The summed E-state index contributed by atoms with van der Waals surface area (Å²) in [5.74, 6) is 0.555. The van der Waals surface area contributed by atoms with Gasteiger partial charge in [0.25, 0.3) is 0 Å². The summed E-state index contributed by atoms with van der Waals surface area (Å²) in [5, 5.41) is 3.53. The molecule has 0 radical (unpaired) electrons. The van der Waals surface area contributed by atoms with E-state index in [0.717, 1.165) is 5.82 Å². The number of halogens is 1. The molecule has 0 amide bonds. The molecule has 0 bridgehead atoms. The van der Waals surface area contributed by atoms with Crippen molar-refractivity contribution >= 4 is 23.4 Å². The lowest BCUT2D eigenvalue weighted by atomic mass is 10.3. The molecule has 1 aromatic rings. The van der Waals surface area contributed by atoms with Gasteiger partial charge in [0.05, 0.1) is 6.61 Å². The van der Waals surface area contributed by atoms with Crippen molar-refractivity contribution in [2.24, 2.45) is 0 Å². The predicted molar refractivity (Wildman–Crippen MR) is 63.6 cm³/mol. The summed E-state index contributed by atoms with van der Waals surface area (Å²) in [7, 11) is 0. The van der Waals surface area contributed by atoms with Crippen LogP contribution in [-0.4, -0.2) is 24.1 Å². The highest BCUT2D eigenvalue weighted by molar-refractivity contribution is 6.29. The van der Waals surface area contributed by atoms with Crippen LogP contribution in [-0.2, 0) is 9.53 Å². The summed E-state index contributed by atoms with van der Waals surface area (Å²) in [6, 6.07) is 5.37. The zero-order valence-electron chi connectivity index (χ0n) is 9.20. The molecule has 0 aliphatic rings. The number of hydrogen-bond acceptors (Lipinski definition) is 4. The number of nitrogens with zero attached hydrogens (tertiary/aromatic N) is 1. The first-order valence-electron chi connectivity index (χ1n) is 5.24. The van der Waals surface area contributed by atoms with Crippen molar-refractivity contribution in [3.8, 4) is 0 Å². The van der Waals surface area contributed by atoms with Gasteiger partial charge in [-0.25, -0.2) is 4.98 Å². The maximum Gasteiger partial charge on any atom is 0.305 e. The van der Waals surface area contributed by atoms with Crippen LogP contribution in [0.25, 0.3) is 0 Å². The molecule has 16 heavy (non-hydrogen) atoms. The second kappa shape index (κ2) is 7.06. The first-order chi connectivity index (χ1) is 7.72. The van der Waals surface area contributed by atoms with Crippen LogP contribution in [0.2, 0.25) is 5.15 Å². The smallest absolute Gasteiger partial charge is 0.305 e. The predicted octanol–water partition coefficient (Wildman–Crippen LogP) is 2.49. The number of aromatic nitrogens is 1. The molecule has 0 aromatic carbocycles. The topological polar surface area (TPSA) is 51.2 Å². The molecule has 1 N–H and O–H groups in total. The lowest BCUT2D eigenvalue weighted by Crippen LogP contribution is -2.08. The maximum atomic E-state index is 11.0. The van der Waals surface area contributed by atoms with Crippen LogP contribution in [0.4, 0.5) is 5.82 Å². The second-order valence-corrected chi connectivity index (χ2v) is 3.57. The SMILES string of the molecule is CCOC(=O)CCCNc1cccc(Cl)n1. The Kier molecular flexibility index (Phi) is 5.64. The minimum Gasteiger partial charge on any atom is -0.466 e. The third kappa shape index (κ3) is 4.98. The molecule has 0 atom stereocenters. The van der Waals surface area contributed by atoms with Crippen LogP contribution in [0, 0.1) is 0 Å². The first-order valence-corrected chi connectivity index (χ1v) is 5.62. The summed E-state index contributed by atoms with van der Waals surface area (Å²) in [6.07, 6.45) is 1.13. The highest BCUT2D eigenvalue weighted by Crippen LogP contribution is 2.09. The third-order valence-electron chi connectivity index (χ3n) is 1.88. The molecule has 0 spiro atoms. The first kappa shape index (κ1) is 12.8. The monoisotopic (exact) mass is 242 g/mol. The van der Waals surface area contributed by atoms with Gasteiger partial charge in [-0.1, -0.05) is 17.7 Å². The molecule has 0 unspecified atom stereocenters. The summed E-state index contributed by atoms with van der Waals surface area (Å²) >= 11 is 5.72. The van der Waals surface area contributed by atoms with Gasteiger partial charge in [0.15, 0.2) is 0 Å². The molecule has 1 aromatic heterocycles. The van der Waals surface area contributed by atoms with Crippen molar-refractivity contribution in [3.63, 3.8) is 0 Å². The molecule has 0 aliphatic heterocycles. The molecular formula is C11H15ClN2O2. The number of rotatable bonds is 6. The number of nitrogens with one attached hydrogen (secondary N) is 1.